The zero-order valence-corrected chi connectivity index (χ0v) is 10.9. The molecule has 2 aliphatic heterocycles. The minimum absolute atomic E-state index is 0.477. The number of ether oxygens (including phenoxy) is 1. The summed E-state index contributed by atoms with van der Waals surface area (Å²) in [5.74, 6) is 0. The molecule has 2 aliphatic rings. The van der Waals surface area contributed by atoms with Gasteiger partial charge in [-0.2, -0.15) is 0 Å². The van der Waals surface area contributed by atoms with Crippen molar-refractivity contribution in [1.29, 1.82) is 0 Å². The van der Waals surface area contributed by atoms with Gasteiger partial charge in [-0.15, -0.1) is 0 Å². The standard InChI is InChI=1S/C13H26N2O/c1-4-12-8-15(10(2)7-14-12)9-13-6-5-11(3)16-13/h10-14H,4-9H2,1-3H3. The van der Waals surface area contributed by atoms with Gasteiger partial charge >= 0.3 is 0 Å². The summed E-state index contributed by atoms with van der Waals surface area (Å²) < 4.78 is 5.92. The lowest BCUT2D eigenvalue weighted by molar-refractivity contribution is 0.0132. The van der Waals surface area contributed by atoms with Crippen LogP contribution in [0, 0.1) is 0 Å². The molecule has 2 rings (SSSR count). The first-order valence-corrected chi connectivity index (χ1v) is 6.82. The molecule has 94 valence electrons. The van der Waals surface area contributed by atoms with Gasteiger partial charge in [-0.05, 0) is 33.1 Å². The lowest BCUT2D eigenvalue weighted by Gasteiger charge is -2.39. The Hall–Kier alpha value is -0.120. The highest BCUT2D eigenvalue weighted by molar-refractivity contribution is 4.85. The van der Waals surface area contributed by atoms with Crippen molar-refractivity contribution in [2.45, 2.75) is 64.3 Å². The number of hydrogen-bond acceptors (Lipinski definition) is 3. The Morgan fingerprint density at radius 1 is 1.31 bits per heavy atom. The van der Waals surface area contributed by atoms with E-state index >= 15 is 0 Å². The van der Waals surface area contributed by atoms with Gasteiger partial charge < -0.3 is 10.1 Å². The quantitative estimate of drug-likeness (QED) is 0.791. The molecule has 0 bridgehead atoms. The molecule has 2 saturated heterocycles. The van der Waals surface area contributed by atoms with Crippen LogP contribution < -0.4 is 5.32 Å². The lowest BCUT2D eigenvalue weighted by atomic mass is 10.1. The van der Waals surface area contributed by atoms with Crippen LogP contribution in [-0.2, 0) is 4.74 Å². The van der Waals surface area contributed by atoms with Gasteiger partial charge in [-0.3, -0.25) is 4.90 Å². The molecular weight excluding hydrogens is 200 g/mol. The van der Waals surface area contributed by atoms with Gasteiger partial charge in [0, 0.05) is 31.7 Å². The largest absolute Gasteiger partial charge is 0.374 e. The van der Waals surface area contributed by atoms with E-state index in [0.717, 1.165) is 13.1 Å². The summed E-state index contributed by atoms with van der Waals surface area (Å²) in [6.45, 7) is 10.2. The number of piperazine rings is 1. The fraction of sp³-hybridized carbons (Fsp3) is 1.00. The Bertz CT molecular complexity index is 222. The van der Waals surface area contributed by atoms with Crippen LogP contribution in [0.2, 0.25) is 0 Å². The first kappa shape index (κ1) is 12.3. The fourth-order valence-electron chi connectivity index (χ4n) is 2.80. The first-order valence-electron chi connectivity index (χ1n) is 6.82. The van der Waals surface area contributed by atoms with E-state index in [1.807, 2.05) is 0 Å². The summed E-state index contributed by atoms with van der Waals surface area (Å²) >= 11 is 0. The van der Waals surface area contributed by atoms with Gasteiger partial charge in [0.25, 0.3) is 0 Å². The molecule has 2 fully saturated rings. The van der Waals surface area contributed by atoms with E-state index in [-0.39, 0.29) is 0 Å². The summed E-state index contributed by atoms with van der Waals surface area (Å²) in [5, 5.41) is 3.60. The van der Waals surface area contributed by atoms with Crippen LogP contribution in [0.5, 0.6) is 0 Å². The summed E-state index contributed by atoms with van der Waals surface area (Å²) in [5.41, 5.74) is 0. The highest BCUT2D eigenvalue weighted by Gasteiger charge is 2.29. The highest BCUT2D eigenvalue weighted by Crippen LogP contribution is 2.21. The Morgan fingerprint density at radius 3 is 2.75 bits per heavy atom. The molecular formula is C13H26N2O. The van der Waals surface area contributed by atoms with E-state index in [9.17, 15) is 0 Å². The van der Waals surface area contributed by atoms with E-state index < -0.39 is 0 Å². The predicted molar refractivity (Wildman–Crippen MR) is 66.7 cm³/mol. The minimum atomic E-state index is 0.477. The molecule has 0 aromatic heterocycles. The van der Waals surface area contributed by atoms with Crippen LogP contribution in [0.4, 0.5) is 0 Å². The van der Waals surface area contributed by atoms with Gasteiger partial charge in [0.15, 0.2) is 0 Å². The van der Waals surface area contributed by atoms with E-state index in [0.29, 0.717) is 24.3 Å². The molecule has 0 aromatic carbocycles. The molecule has 3 heteroatoms. The van der Waals surface area contributed by atoms with Crippen molar-refractivity contribution in [3.63, 3.8) is 0 Å². The SMILES string of the molecule is CCC1CN(CC2CCC(C)O2)C(C)CN1. The average Bonchev–Trinajstić information content (AvgIpc) is 2.67. The minimum Gasteiger partial charge on any atom is -0.374 e. The Kier molecular flexibility index (Phi) is 4.22. The van der Waals surface area contributed by atoms with Crippen LogP contribution in [0.15, 0.2) is 0 Å². The van der Waals surface area contributed by atoms with Crippen LogP contribution >= 0.6 is 0 Å². The Labute approximate surface area is 99.5 Å². The van der Waals surface area contributed by atoms with Crippen molar-refractivity contribution < 1.29 is 4.74 Å². The zero-order valence-electron chi connectivity index (χ0n) is 10.9. The van der Waals surface area contributed by atoms with Crippen LogP contribution in [0.1, 0.15) is 40.0 Å². The molecule has 0 aliphatic carbocycles. The third kappa shape index (κ3) is 2.96. The summed E-state index contributed by atoms with van der Waals surface area (Å²) in [6.07, 6.45) is 4.67. The Balaban J connectivity index is 1.82. The second-order valence-electron chi connectivity index (χ2n) is 5.46. The third-order valence-corrected chi connectivity index (χ3v) is 4.03. The van der Waals surface area contributed by atoms with Gasteiger partial charge in [0.1, 0.15) is 0 Å². The summed E-state index contributed by atoms with van der Waals surface area (Å²) in [7, 11) is 0. The van der Waals surface area contributed by atoms with E-state index in [2.05, 4.69) is 31.0 Å². The average molecular weight is 226 g/mol. The first-order chi connectivity index (χ1) is 7.69. The van der Waals surface area contributed by atoms with Gasteiger partial charge in [-0.1, -0.05) is 6.92 Å². The van der Waals surface area contributed by atoms with Crippen LogP contribution in [0.25, 0.3) is 0 Å². The van der Waals surface area contributed by atoms with E-state index in [1.165, 1.54) is 25.8 Å². The van der Waals surface area contributed by atoms with Gasteiger partial charge in [0.2, 0.25) is 0 Å². The second-order valence-corrected chi connectivity index (χ2v) is 5.46. The molecule has 3 nitrogen and oxygen atoms in total. The Morgan fingerprint density at radius 2 is 2.12 bits per heavy atom. The molecule has 4 atom stereocenters. The molecule has 0 radical (unpaired) electrons. The maximum Gasteiger partial charge on any atom is 0.0706 e. The molecule has 16 heavy (non-hydrogen) atoms. The number of nitrogens with one attached hydrogen (secondary N) is 1. The summed E-state index contributed by atoms with van der Waals surface area (Å²) in [6, 6.07) is 1.33. The van der Waals surface area contributed by atoms with Crippen molar-refractivity contribution in [2.75, 3.05) is 19.6 Å². The van der Waals surface area contributed by atoms with E-state index in [4.69, 9.17) is 4.74 Å². The normalized spacial score (nSPS) is 41.4. The maximum absolute atomic E-state index is 5.92. The smallest absolute Gasteiger partial charge is 0.0706 e. The molecule has 0 spiro atoms. The topological polar surface area (TPSA) is 24.5 Å². The molecule has 4 unspecified atom stereocenters. The molecule has 0 saturated carbocycles. The molecule has 2 heterocycles. The maximum atomic E-state index is 5.92. The van der Waals surface area contributed by atoms with Gasteiger partial charge in [0.05, 0.1) is 12.2 Å². The molecule has 1 N–H and O–H groups in total. The number of nitrogens with zero attached hydrogens (tertiary/aromatic N) is 1. The van der Waals surface area contributed by atoms with Gasteiger partial charge in [-0.25, -0.2) is 0 Å². The highest BCUT2D eigenvalue weighted by atomic mass is 16.5. The molecule has 0 aromatic rings. The second kappa shape index (κ2) is 5.48. The lowest BCUT2D eigenvalue weighted by Crippen LogP contribution is -2.56. The monoisotopic (exact) mass is 226 g/mol. The van der Waals surface area contributed by atoms with Crippen molar-refractivity contribution >= 4 is 0 Å². The van der Waals surface area contributed by atoms with E-state index in [1.54, 1.807) is 0 Å². The number of rotatable bonds is 3. The molecule has 0 amide bonds. The summed E-state index contributed by atoms with van der Waals surface area (Å²) in [4.78, 5) is 2.60. The van der Waals surface area contributed by atoms with Crippen molar-refractivity contribution in [3.05, 3.63) is 0 Å². The zero-order chi connectivity index (χ0) is 11.5. The van der Waals surface area contributed by atoms with Crippen molar-refractivity contribution in [1.82, 2.24) is 10.2 Å². The number of hydrogen-bond donors (Lipinski definition) is 1. The predicted octanol–water partition coefficient (Wildman–Crippen LogP) is 1.63. The fourth-order valence-corrected chi connectivity index (χ4v) is 2.80. The van der Waals surface area contributed by atoms with Crippen LogP contribution in [-0.4, -0.2) is 48.8 Å². The van der Waals surface area contributed by atoms with Crippen LogP contribution in [0.3, 0.4) is 0 Å². The van der Waals surface area contributed by atoms with Crippen molar-refractivity contribution in [3.8, 4) is 0 Å². The van der Waals surface area contributed by atoms with Crippen molar-refractivity contribution in [2.24, 2.45) is 0 Å². The third-order valence-electron chi connectivity index (χ3n) is 4.03.